The SMILES string of the molecule is c1ccc(-n2cc(CNCCCn3cccn3)c(-c3ccc4c(c3)OCO4)n2)cc1. The molecule has 7 nitrogen and oxygen atoms in total. The number of rotatable bonds is 8. The summed E-state index contributed by atoms with van der Waals surface area (Å²) in [5.41, 5.74) is 4.13. The smallest absolute Gasteiger partial charge is 0.231 e. The van der Waals surface area contributed by atoms with Gasteiger partial charge in [0.15, 0.2) is 11.5 Å². The number of nitrogens with zero attached hydrogens (tertiary/aromatic N) is 4. The highest BCUT2D eigenvalue weighted by Gasteiger charge is 2.18. The normalized spacial score (nSPS) is 12.4. The number of aryl methyl sites for hydroxylation is 1. The topological polar surface area (TPSA) is 66.1 Å². The van der Waals surface area contributed by atoms with E-state index in [2.05, 4.69) is 28.7 Å². The Labute approximate surface area is 174 Å². The van der Waals surface area contributed by atoms with Gasteiger partial charge in [0.25, 0.3) is 0 Å². The third kappa shape index (κ3) is 3.92. The van der Waals surface area contributed by atoms with E-state index in [1.807, 2.05) is 64.2 Å². The molecule has 3 heterocycles. The minimum atomic E-state index is 0.266. The van der Waals surface area contributed by atoms with Crippen molar-refractivity contribution in [3.63, 3.8) is 0 Å². The van der Waals surface area contributed by atoms with Crippen molar-refractivity contribution in [2.75, 3.05) is 13.3 Å². The zero-order chi connectivity index (χ0) is 20.2. The molecule has 152 valence electrons. The molecule has 5 rings (SSSR count). The fraction of sp³-hybridized carbons (Fsp3) is 0.217. The average molecular weight is 401 g/mol. The van der Waals surface area contributed by atoms with E-state index in [1.54, 1.807) is 0 Å². The molecule has 2 aromatic carbocycles. The van der Waals surface area contributed by atoms with Gasteiger partial charge in [0, 0.05) is 42.8 Å². The first-order chi connectivity index (χ1) is 14.9. The number of para-hydroxylation sites is 1. The molecule has 1 aliphatic heterocycles. The first-order valence-electron chi connectivity index (χ1n) is 10.1. The molecule has 0 bridgehead atoms. The molecule has 0 amide bonds. The number of aromatic nitrogens is 4. The third-order valence-electron chi connectivity index (χ3n) is 5.07. The largest absolute Gasteiger partial charge is 0.454 e. The summed E-state index contributed by atoms with van der Waals surface area (Å²) < 4.78 is 14.9. The van der Waals surface area contributed by atoms with E-state index in [1.165, 1.54) is 0 Å². The Morgan fingerprint density at radius 1 is 1.00 bits per heavy atom. The highest BCUT2D eigenvalue weighted by Crippen LogP contribution is 2.36. The molecule has 4 aromatic rings. The van der Waals surface area contributed by atoms with Gasteiger partial charge < -0.3 is 14.8 Å². The molecule has 0 spiro atoms. The van der Waals surface area contributed by atoms with Gasteiger partial charge in [0.1, 0.15) is 0 Å². The van der Waals surface area contributed by atoms with Crippen LogP contribution in [0.15, 0.2) is 73.2 Å². The van der Waals surface area contributed by atoms with E-state index < -0.39 is 0 Å². The Morgan fingerprint density at radius 2 is 1.90 bits per heavy atom. The third-order valence-corrected chi connectivity index (χ3v) is 5.07. The summed E-state index contributed by atoms with van der Waals surface area (Å²) in [5.74, 6) is 1.54. The van der Waals surface area contributed by atoms with E-state index in [-0.39, 0.29) is 6.79 Å². The number of benzene rings is 2. The van der Waals surface area contributed by atoms with Crippen molar-refractivity contribution < 1.29 is 9.47 Å². The van der Waals surface area contributed by atoms with Crippen LogP contribution in [-0.4, -0.2) is 32.9 Å². The first kappa shape index (κ1) is 18.4. The second-order valence-corrected chi connectivity index (χ2v) is 7.15. The molecule has 0 saturated carbocycles. The van der Waals surface area contributed by atoms with Crippen LogP contribution in [0.4, 0.5) is 0 Å². The Kier molecular flexibility index (Phi) is 5.18. The molecule has 30 heavy (non-hydrogen) atoms. The second kappa shape index (κ2) is 8.42. The lowest BCUT2D eigenvalue weighted by molar-refractivity contribution is 0.174. The number of nitrogens with one attached hydrogen (secondary N) is 1. The number of hydrogen-bond donors (Lipinski definition) is 1. The average Bonchev–Trinajstić information content (AvgIpc) is 3.54. The summed E-state index contributed by atoms with van der Waals surface area (Å²) in [5, 5.41) is 12.7. The van der Waals surface area contributed by atoms with Gasteiger partial charge in [-0.3, -0.25) is 4.68 Å². The van der Waals surface area contributed by atoms with Gasteiger partial charge in [-0.1, -0.05) is 18.2 Å². The lowest BCUT2D eigenvalue weighted by Crippen LogP contribution is -2.16. The molecule has 0 saturated heterocycles. The van der Waals surface area contributed by atoms with Gasteiger partial charge in [-0.15, -0.1) is 0 Å². The molecule has 0 radical (unpaired) electrons. The van der Waals surface area contributed by atoms with E-state index in [0.29, 0.717) is 0 Å². The molecule has 0 aliphatic carbocycles. The predicted octanol–water partition coefficient (Wildman–Crippen LogP) is 3.64. The highest BCUT2D eigenvalue weighted by atomic mass is 16.7. The Balaban J connectivity index is 1.35. The lowest BCUT2D eigenvalue weighted by atomic mass is 10.1. The van der Waals surface area contributed by atoms with Crippen LogP contribution < -0.4 is 14.8 Å². The van der Waals surface area contributed by atoms with Crippen LogP contribution in [0.25, 0.3) is 16.9 Å². The van der Waals surface area contributed by atoms with Crippen LogP contribution >= 0.6 is 0 Å². The zero-order valence-electron chi connectivity index (χ0n) is 16.6. The predicted molar refractivity (Wildman–Crippen MR) is 114 cm³/mol. The van der Waals surface area contributed by atoms with Crippen molar-refractivity contribution in [2.45, 2.75) is 19.5 Å². The van der Waals surface area contributed by atoms with Crippen LogP contribution in [0.2, 0.25) is 0 Å². The van der Waals surface area contributed by atoms with Crippen molar-refractivity contribution in [2.24, 2.45) is 0 Å². The monoisotopic (exact) mass is 401 g/mol. The number of hydrogen-bond acceptors (Lipinski definition) is 5. The van der Waals surface area contributed by atoms with Gasteiger partial charge in [0.2, 0.25) is 6.79 Å². The van der Waals surface area contributed by atoms with E-state index >= 15 is 0 Å². The molecule has 1 aliphatic rings. The summed E-state index contributed by atoms with van der Waals surface area (Å²) in [7, 11) is 0. The standard InChI is InChI=1S/C23H23N5O2/c1-2-6-20(7-3-1)28-16-19(15-24-10-4-12-27-13-5-11-25-27)23(26-28)18-8-9-21-22(14-18)30-17-29-21/h1-3,5-9,11,13-14,16,24H,4,10,12,15,17H2. The van der Waals surface area contributed by atoms with Crippen LogP contribution in [0.5, 0.6) is 11.5 Å². The first-order valence-corrected chi connectivity index (χ1v) is 10.1. The van der Waals surface area contributed by atoms with E-state index in [0.717, 1.165) is 60.1 Å². The summed E-state index contributed by atoms with van der Waals surface area (Å²) in [6.07, 6.45) is 6.90. The van der Waals surface area contributed by atoms with E-state index in [9.17, 15) is 0 Å². The molecular formula is C23H23N5O2. The highest BCUT2D eigenvalue weighted by molar-refractivity contribution is 5.67. The van der Waals surface area contributed by atoms with Gasteiger partial charge in [-0.25, -0.2) is 4.68 Å². The van der Waals surface area contributed by atoms with E-state index in [4.69, 9.17) is 14.6 Å². The zero-order valence-corrected chi connectivity index (χ0v) is 16.6. The Hall–Kier alpha value is -3.58. The Bertz CT molecular complexity index is 1110. The molecule has 0 atom stereocenters. The minimum absolute atomic E-state index is 0.266. The van der Waals surface area contributed by atoms with Crippen LogP contribution in [0.3, 0.4) is 0 Å². The molecular weight excluding hydrogens is 378 g/mol. The maximum Gasteiger partial charge on any atom is 0.231 e. The molecule has 1 N–H and O–H groups in total. The second-order valence-electron chi connectivity index (χ2n) is 7.15. The van der Waals surface area contributed by atoms with Crippen molar-refractivity contribution in [1.29, 1.82) is 0 Å². The van der Waals surface area contributed by atoms with Crippen molar-refractivity contribution in [3.8, 4) is 28.4 Å². The summed E-state index contributed by atoms with van der Waals surface area (Å²) >= 11 is 0. The molecule has 0 unspecified atom stereocenters. The fourth-order valence-electron chi connectivity index (χ4n) is 3.56. The van der Waals surface area contributed by atoms with Crippen molar-refractivity contribution in [1.82, 2.24) is 24.9 Å². The number of ether oxygens (including phenoxy) is 2. The van der Waals surface area contributed by atoms with Crippen molar-refractivity contribution >= 4 is 0 Å². The van der Waals surface area contributed by atoms with Gasteiger partial charge >= 0.3 is 0 Å². The minimum Gasteiger partial charge on any atom is -0.454 e. The fourth-order valence-corrected chi connectivity index (χ4v) is 3.56. The lowest BCUT2D eigenvalue weighted by Gasteiger charge is -2.06. The van der Waals surface area contributed by atoms with Crippen LogP contribution in [0, 0.1) is 0 Å². The maximum atomic E-state index is 5.56. The van der Waals surface area contributed by atoms with Crippen molar-refractivity contribution in [3.05, 3.63) is 78.8 Å². The Morgan fingerprint density at radius 3 is 2.77 bits per heavy atom. The molecule has 2 aromatic heterocycles. The van der Waals surface area contributed by atoms with Gasteiger partial charge in [-0.2, -0.15) is 10.2 Å². The number of fused-ring (bicyclic) bond motifs is 1. The van der Waals surface area contributed by atoms with Gasteiger partial charge in [0.05, 0.1) is 11.4 Å². The maximum absolute atomic E-state index is 5.56. The quantitative estimate of drug-likeness (QED) is 0.457. The molecule has 7 heteroatoms. The van der Waals surface area contributed by atoms with Crippen LogP contribution in [0.1, 0.15) is 12.0 Å². The molecule has 0 fully saturated rings. The summed E-state index contributed by atoms with van der Waals surface area (Å²) in [4.78, 5) is 0. The van der Waals surface area contributed by atoms with Gasteiger partial charge in [-0.05, 0) is 49.4 Å². The van der Waals surface area contributed by atoms with Crippen LogP contribution in [-0.2, 0) is 13.1 Å². The summed E-state index contributed by atoms with van der Waals surface area (Å²) in [6.45, 7) is 2.80. The summed E-state index contributed by atoms with van der Waals surface area (Å²) in [6, 6.07) is 18.1.